The van der Waals surface area contributed by atoms with E-state index in [-0.39, 0.29) is 0 Å². The topological polar surface area (TPSA) is 18.5 Å². The summed E-state index contributed by atoms with van der Waals surface area (Å²) in [6.07, 6.45) is 0.998. The zero-order valence-electron chi connectivity index (χ0n) is 6.91. The van der Waals surface area contributed by atoms with Gasteiger partial charge in [-0.3, -0.25) is 0 Å². The molecule has 66 valence electrons. The van der Waals surface area contributed by atoms with E-state index >= 15 is 0 Å². The van der Waals surface area contributed by atoms with E-state index in [4.69, 9.17) is 9.05 Å². The average molecular weight is 202 g/mol. The quantitative estimate of drug-likeness (QED) is 0.701. The van der Waals surface area contributed by atoms with Crippen molar-refractivity contribution in [2.75, 3.05) is 0 Å². The van der Waals surface area contributed by atoms with Gasteiger partial charge >= 0.3 is 0 Å². The van der Waals surface area contributed by atoms with E-state index < -0.39 is 0 Å². The molecule has 0 bridgehead atoms. The van der Waals surface area contributed by atoms with E-state index in [0.717, 1.165) is 17.9 Å². The third kappa shape index (κ3) is 2.09. The molecule has 0 aliphatic rings. The molecule has 1 aromatic carbocycles. The standard InChI is InChI=1S/C8H12O2P2/c1-2-6-3-4-7(9-11)8(5-6)10-12/h3-5H,2,11-12H2,1H3. The van der Waals surface area contributed by atoms with Crippen molar-refractivity contribution in [1.29, 1.82) is 0 Å². The Bertz CT molecular complexity index is 263. The van der Waals surface area contributed by atoms with E-state index in [1.54, 1.807) is 0 Å². The maximum atomic E-state index is 5.06. The maximum absolute atomic E-state index is 5.06. The lowest BCUT2D eigenvalue weighted by atomic mass is 10.1. The van der Waals surface area contributed by atoms with Crippen LogP contribution in [0.25, 0.3) is 0 Å². The molecule has 0 fully saturated rings. The Morgan fingerprint density at radius 1 is 1.17 bits per heavy atom. The van der Waals surface area contributed by atoms with Crippen LogP contribution in [-0.2, 0) is 6.42 Å². The van der Waals surface area contributed by atoms with Crippen LogP contribution in [0.5, 0.6) is 11.5 Å². The second kappa shape index (κ2) is 4.64. The number of benzene rings is 1. The van der Waals surface area contributed by atoms with Crippen molar-refractivity contribution in [1.82, 2.24) is 0 Å². The number of hydrogen-bond acceptors (Lipinski definition) is 2. The lowest BCUT2D eigenvalue weighted by molar-refractivity contribution is 0.568. The molecule has 0 radical (unpaired) electrons. The minimum Gasteiger partial charge on any atom is -0.476 e. The van der Waals surface area contributed by atoms with Crippen molar-refractivity contribution in [3.05, 3.63) is 23.8 Å². The molecule has 1 rings (SSSR count). The van der Waals surface area contributed by atoms with Gasteiger partial charge in [-0.15, -0.1) is 0 Å². The Kier molecular flexibility index (Phi) is 3.78. The third-order valence-electron chi connectivity index (χ3n) is 1.67. The Labute approximate surface area is 77.2 Å². The van der Waals surface area contributed by atoms with Crippen LogP contribution in [0.3, 0.4) is 0 Å². The van der Waals surface area contributed by atoms with Crippen molar-refractivity contribution < 1.29 is 9.05 Å². The molecule has 0 amide bonds. The minimum atomic E-state index is 0.729. The molecule has 2 unspecified atom stereocenters. The second-order valence-corrected chi connectivity index (χ2v) is 2.84. The highest BCUT2D eigenvalue weighted by molar-refractivity contribution is 7.10. The van der Waals surface area contributed by atoms with Gasteiger partial charge in [-0.05, 0) is 24.1 Å². The smallest absolute Gasteiger partial charge is 0.164 e. The molecule has 0 aromatic heterocycles. The molecule has 2 nitrogen and oxygen atoms in total. The second-order valence-electron chi connectivity index (χ2n) is 2.37. The highest BCUT2D eigenvalue weighted by atomic mass is 31.0. The lowest BCUT2D eigenvalue weighted by Gasteiger charge is -2.07. The summed E-state index contributed by atoms with van der Waals surface area (Å²) in [4.78, 5) is 0. The first-order chi connectivity index (χ1) is 5.81. The van der Waals surface area contributed by atoms with E-state index in [1.165, 1.54) is 5.56 Å². The predicted molar refractivity (Wildman–Crippen MR) is 56.5 cm³/mol. The van der Waals surface area contributed by atoms with E-state index in [9.17, 15) is 0 Å². The van der Waals surface area contributed by atoms with Gasteiger partial charge in [0.05, 0.1) is 18.9 Å². The number of hydrogen-bond donors (Lipinski definition) is 0. The molecule has 0 heterocycles. The highest BCUT2D eigenvalue weighted by Crippen LogP contribution is 2.31. The molecule has 1 aromatic rings. The highest BCUT2D eigenvalue weighted by Gasteiger charge is 2.02. The minimum absolute atomic E-state index is 0.729. The van der Waals surface area contributed by atoms with Gasteiger partial charge in [0, 0.05) is 0 Å². The van der Waals surface area contributed by atoms with Crippen LogP contribution < -0.4 is 9.05 Å². The summed E-state index contributed by atoms with van der Waals surface area (Å²) in [7, 11) is 4.41. The summed E-state index contributed by atoms with van der Waals surface area (Å²) < 4.78 is 10.1. The first-order valence-corrected chi connectivity index (χ1v) is 4.62. The Hall–Kier alpha value is -0.320. The van der Waals surface area contributed by atoms with Gasteiger partial charge in [0.2, 0.25) is 0 Å². The van der Waals surface area contributed by atoms with Crippen LogP contribution in [0.15, 0.2) is 18.2 Å². The van der Waals surface area contributed by atoms with Gasteiger partial charge in [-0.2, -0.15) is 0 Å². The summed E-state index contributed by atoms with van der Waals surface area (Å²) in [5, 5.41) is 0. The summed E-state index contributed by atoms with van der Waals surface area (Å²) in [5.41, 5.74) is 1.23. The summed E-state index contributed by atoms with van der Waals surface area (Å²) >= 11 is 0. The molecule has 2 atom stereocenters. The molecule has 0 spiro atoms. The summed E-state index contributed by atoms with van der Waals surface area (Å²) in [6.45, 7) is 2.10. The van der Waals surface area contributed by atoms with Crippen LogP contribution in [0.4, 0.5) is 0 Å². The van der Waals surface area contributed by atoms with Gasteiger partial charge in [0.15, 0.2) is 11.5 Å². The normalized spacial score (nSPS) is 9.58. The van der Waals surface area contributed by atoms with Gasteiger partial charge in [-0.1, -0.05) is 13.0 Å². The molecule has 4 heteroatoms. The Balaban J connectivity index is 3.02. The monoisotopic (exact) mass is 202 g/mol. The molecule has 12 heavy (non-hydrogen) atoms. The van der Waals surface area contributed by atoms with Gasteiger partial charge < -0.3 is 9.05 Å². The van der Waals surface area contributed by atoms with Crippen LogP contribution in [0.1, 0.15) is 12.5 Å². The van der Waals surface area contributed by atoms with Crippen molar-refractivity contribution in [3.63, 3.8) is 0 Å². The molecule has 0 saturated carbocycles. The van der Waals surface area contributed by atoms with Crippen molar-refractivity contribution >= 4 is 18.9 Å². The Morgan fingerprint density at radius 3 is 2.33 bits per heavy atom. The van der Waals surface area contributed by atoms with Crippen molar-refractivity contribution in [2.24, 2.45) is 0 Å². The molecule has 0 aliphatic carbocycles. The Morgan fingerprint density at radius 2 is 1.83 bits per heavy atom. The first-order valence-electron chi connectivity index (χ1n) is 3.68. The van der Waals surface area contributed by atoms with Crippen molar-refractivity contribution in [3.8, 4) is 11.5 Å². The van der Waals surface area contributed by atoms with E-state index in [0.29, 0.717) is 0 Å². The van der Waals surface area contributed by atoms with E-state index in [1.807, 2.05) is 18.2 Å². The predicted octanol–water partition coefficient (Wildman–Crippen LogP) is 2.59. The molecule has 0 N–H and O–H groups in total. The average Bonchev–Trinajstić information content (AvgIpc) is 2.16. The summed E-state index contributed by atoms with van der Waals surface area (Å²) in [6, 6.07) is 5.88. The molecular weight excluding hydrogens is 190 g/mol. The zero-order chi connectivity index (χ0) is 8.97. The van der Waals surface area contributed by atoms with Crippen molar-refractivity contribution in [2.45, 2.75) is 13.3 Å². The third-order valence-corrected chi connectivity index (χ3v) is 2.18. The van der Waals surface area contributed by atoms with Gasteiger partial charge in [-0.25, -0.2) is 0 Å². The molecule has 0 saturated heterocycles. The largest absolute Gasteiger partial charge is 0.476 e. The maximum Gasteiger partial charge on any atom is 0.164 e. The molecule has 0 aliphatic heterocycles. The van der Waals surface area contributed by atoms with Crippen LogP contribution in [-0.4, -0.2) is 0 Å². The van der Waals surface area contributed by atoms with Crippen LogP contribution in [0.2, 0.25) is 0 Å². The summed E-state index contributed by atoms with van der Waals surface area (Å²) in [5.74, 6) is 1.47. The molecular formula is C8H12O2P2. The number of rotatable bonds is 3. The zero-order valence-corrected chi connectivity index (χ0v) is 9.22. The lowest BCUT2D eigenvalue weighted by Crippen LogP contribution is -1.84. The number of aryl methyl sites for hydroxylation is 1. The fraction of sp³-hybridized carbons (Fsp3) is 0.250. The van der Waals surface area contributed by atoms with Gasteiger partial charge in [0.1, 0.15) is 0 Å². The SMILES string of the molecule is CCc1ccc(OP)c(OP)c1. The fourth-order valence-corrected chi connectivity index (χ4v) is 1.34. The first kappa shape index (κ1) is 9.77. The van der Waals surface area contributed by atoms with Crippen LogP contribution in [0, 0.1) is 0 Å². The van der Waals surface area contributed by atoms with Gasteiger partial charge in [0.25, 0.3) is 0 Å². The van der Waals surface area contributed by atoms with E-state index in [2.05, 4.69) is 25.9 Å². The van der Waals surface area contributed by atoms with Crippen LogP contribution >= 0.6 is 18.9 Å². The fourth-order valence-electron chi connectivity index (χ4n) is 0.962.